The van der Waals surface area contributed by atoms with Crippen molar-refractivity contribution in [2.45, 2.75) is 10.1 Å². The number of rotatable bonds is 9. The van der Waals surface area contributed by atoms with Gasteiger partial charge >= 0.3 is 0 Å². The van der Waals surface area contributed by atoms with Crippen molar-refractivity contribution in [3.8, 4) is 11.5 Å². The second-order valence-electron chi connectivity index (χ2n) is 7.65. The van der Waals surface area contributed by atoms with Gasteiger partial charge in [-0.3, -0.25) is 14.6 Å². The number of carbonyl (C=O) groups excluding carboxylic acids is 2. The molecule has 0 saturated carbocycles. The summed E-state index contributed by atoms with van der Waals surface area (Å²) in [5.41, 5.74) is 2.49. The first-order chi connectivity index (χ1) is 17.6. The fourth-order valence-corrected chi connectivity index (χ4v) is 4.59. The minimum atomic E-state index is -0.474. The average Bonchev–Trinajstić information content (AvgIpc) is 2.93. The maximum absolute atomic E-state index is 13.2. The van der Waals surface area contributed by atoms with Crippen molar-refractivity contribution < 1.29 is 19.1 Å². The van der Waals surface area contributed by atoms with Gasteiger partial charge in [-0.15, -0.1) is 11.8 Å². The summed E-state index contributed by atoms with van der Waals surface area (Å²) in [5, 5.41) is 5.37. The van der Waals surface area contributed by atoms with Crippen LogP contribution in [0.3, 0.4) is 0 Å². The summed E-state index contributed by atoms with van der Waals surface area (Å²) in [6.45, 7) is 0. The molecule has 3 aromatic carbocycles. The molecule has 4 aromatic rings. The first-order valence-electron chi connectivity index (χ1n) is 11.1. The predicted octanol–water partition coefficient (Wildman–Crippen LogP) is 5.82. The van der Waals surface area contributed by atoms with E-state index in [1.165, 1.54) is 26.0 Å². The van der Waals surface area contributed by atoms with Gasteiger partial charge in [-0.05, 0) is 54.1 Å². The van der Waals surface area contributed by atoms with Crippen LogP contribution in [0.2, 0.25) is 0 Å². The maximum Gasteiger partial charge on any atom is 0.263 e. The minimum absolute atomic E-state index is 0.141. The van der Waals surface area contributed by atoms with Gasteiger partial charge in [0.05, 0.1) is 14.2 Å². The maximum atomic E-state index is 13.2. The fraction of sp³-hybridized carbons (Fsp3) is 0.107. The molecule has 1 heterocycles. The van der Waals surface area contributed by atoms with Crippen LogP contribution in [0, 0.1) is 0 Å². The number of benzene rings is 3. The number of anilines is 2. The van der Waals surface area contributed by atoms with Crippen molar-refractivity contribution in [2.75, 3.05) is 24.9 Å². The van der Waals surface area contributed by atoms with Gasteiger partial charge in [0.2, 0.25) is 5.91 Å². The van der Waals surface area contributed by atoms with E-state index in [0.717, 1.165) is 10.5 Å². The zero-order valence-corrected chi connectivity index (χ0v) is 20.6. The number of thioether (sulfide) groups is 1. The van der Waals surface area contributed by atoms with Crippen LogP contribution in [-0.4, -0.2) is 31.0 Å². The summed E-state index contributed by atoms with van der Waals surface area (Å²) in [5.74, 6) is 0.358. The van der Waals surface area contributed by atoms with Crippen molar-refractivity contribution in [1.82, 2.24) is 4.98 Å². The molecule has 182 valence electrons. The number of ether oxygens (including phenoxy) is 2. The standard InChI is InChI=1S/C28H25N3O4S/c1-34-23-9-6-10-24(35-2)25(23)27(32)30-20-11-13-22(14-12-20)36-26(19-7-4-3-5-8-19)28(33)31-21-15-17-29-18-16-21/h3-18,26H,1-2H3,(H,30,32)(H,29,31,33). The third kappa shape index (κ3) is 6.03. The third-order valence-electron chi connectivity index (χ3n) is 5.31. The van der Waals surface area contributed by atoms with E-state index >= 15 is 0 Å². The summed E-state index contributed by atoms with van der Waals surface area (Å²) in [4.78, 5) is 31.0. The summed E-state index contributed by atoms with van der Waals surface area (Å²) in [6, 6.07) is 25.6. The van der Waals surface area contributed by atoms with Crippen LogP contribution in [0.4, 0.5) is 11.4 Å². The van der Waals surface area contributed by atoms with Gasteiger partial charge in [-0.25, -0.2) is 0 Å². The highest BCUT2D eigenvalue weighted by atomic mass is 32.2. The molecule has 8 heteroatoms. The van der Waals surface area contributed by atoms with E-state index in [1.807, 2.05) is 42.5 Å². The summed E-state index contributed by atoms with van der Waals surface area (Å²) >= 11 is 1.42. The van der Waals surface area contributed by atoms with Crippen molar-refractivity contribution in [3.63, 3.8) is 0 Å². The Bertz CT molecular complexity index is 1290. The molecule has 0 saturated heterocycles. The second kappa shape index (κ2) is 11.9. The molecular weight excluding hydrogens is 474 g/mol. The quantitative estimate of drug-likeness (QED) is 0.282. The lowest BCUT2D eigenvalue weighted by Crippen LogP contribution is -2.19. The predicted molar refractivity (Wildman–Crippen MR) is 142 cm³/mol. The first kappa shape index (κ1) is 24.8. The van der Waals surface area contributed by atoms with Gasteiger partial charge in [-0.2, -0.15) is 0 Å². The van der Waals surface area contributed by atoms with Crippen molar-refractivity contribution >= 4 is 35.0 Å². The number of pyridine rings is 1. The summed E-state index contributed by atoms with van der Waals surface area (Å²) in [7, 11) is 3.01. The molecule has 0 spiro atoms. The van der Waals surface area contributed by atoms with Gasteiger partial charge < -0.3 is 20.1 Å². The van der Waals surface area contributed by atoms with E-state index in [4.69, 9.17) is 9.47 Å². The molecule has 0 aliphatic carbocycles. The van der Waals surface area contributed by atoms with Crippen LogP contribution in [0.25, 0.3) is 0 Å². The molecule has 0 fully saturated rings. The Balaban J connectivity index is 1.50. The second-order valence-corrected chi connectivity index (χ2v) is 8.83. The Labute approximate surface area is 213 Å². The molecule has 1 aromatic heterocycles. The largest absolute Gasteiger partial charge is 0.496 e. The van der Waals surface area contributed by atoms with Crippen LogP contribution in [0.5, 0.6) is 11.5 Å². The number of amides is 2. The Morgan fingerprint density at radius 2 is 1.36 bits per heavy atom. The highest BCUT2D eigenvalue weighted by Gasteiger charge is 2.23. The molecule has 7 nitrogen and oxygen atoms in total. The lowest BCUT2D eigenvalue weighted by molar-refractivity contribution is -0.115. The molecule has 0 radical (unpaired) electrons. The monoisotopic (exact) mass is 499 g/mol. The van der Waals surface area contributed by atoms with E-state index in [1.54, 1.807) is 54.9 Å². The molecule has 0 bridgehead atoms. The zero-order valence-electron chi connectivity index (χ0n) is 19.8. The Kier molecular flexibility index (Phi) is 8.20. The van der Waals surface area contributed by atoms with Gasteiger partial charge in [0, 0.05) is 28.7 Å². The highest BCUT2D eigenvalue weighted by molar-refractivity contribution is 8.00. The number of nitrogens with one attached hydrogen (secondary N) is 2. The van der Waals surface area contributed by atoms with Crippen LogP contribution in [-0.2, 0) is 4.79 Å². The number of methoxy groups -OCH3 is 2. The first-order valence-corrected chi connectivity index (χ1v) is 12.0. The lowest BCUT2D eigenvalue weighted by atomic mass is 10.1. The molecule has 0 aliphatic heterocycles. The molecular formula is C28H25N3O4S. The fourth-order valence-electron chi connectivity index (χ4n) is 3.57. The Morgan fingerprint density at radius 1 is 0.750 bits per heavy atom. The van der Waals surface area contributed by atoms with E-state index in [2.05, 4.69) is 15.6 Å². The van der Waals surface area contributed by atoms with Crippen LogP contribution >= 0.6 is 11.8 Å². The lowest BCUT2D eigenvalue weighted by Gasteiger charge is -2.17. The van der Waals surface area contributed by atoms with E-state index in [0.29, 0.717) is 28.4 Å². The SMILES string of the molecule is COc1cccc(OC)c1C(=O)Nc1ccc(SC(C(=O)Nc2ccncc2)c2ccccc2)cc1. The minimum Gasteiger partial charge on any atom is -0.496 e. The van der Waals surface area contributed by atoms with Gasteiger partial charge in [0.1, 0.15) is 22.3 Å². The van der Waals surface area contributed by atoms with Gasteiger partial charge in [-0.1, -0.05) is 36.4 Å². The van der Waals surface area contributed by atoms with Crippen molar-refractivity contribution in [2.24, 2.45) is 0 Å². The molecule has 0 aliphatic rings. The highest BCUT2D eigenvalue weighted by Crippen LogP contribution is 2.37. The Hall–Kier alpha value is -4.30. The van der Waals surface area contributed by atoms with Crippen molar-refractivity contribution in [3.05, 3.63) is 108 Å². The van der Waals surface area contributed by atoms with Gasteiger partial charge in [0.15, 0.2) is 0 Å². The third-order valence-corrected chi connectivity index (χ3v) is 6.58. The van der Waals surface area contributed by atoms with Crippen molar-refractivity contribution in [1.29, 1.82) is 0 Å². The topological polar surface area (TPSA) is 89.5 Å². The van der Waals surface area contributed by atoms with Crippen LogP contribution in [0.1, 0.15) is 21.2 Å². The van der Waals surface area contributed by atoms with Gasteiger partial charge in [0.25, 0.3) is 5.91 Å². The molecule has 36 heavy (non-hydrogen) atoms. The number of nitrogens with zero attached hydrogens (tertiary/aromatic N) is 1. The smallest absolute Gasteiger partial charge is 0.263 e. The number of hydrogen-bond donors (Lipinski definition) is 2. The summed E-state index contributed by atoms with van der Waals surface area (Å²) in [6.07, 6.45) is 3.27. The zero-order chi connectivity index (χ0) is 25.3. The Morgan fingerprint density at radius 3 is 1.97 bits per heavy atom. The van der Waals surface area contributed by atoms with Crippen LogP contribution in [0.15, 0.2) is 102 Å². The van der Waals surface area contributed by atoms with E-state index in [9.17, 15) is 9.59 Å². The molecule has 2 N–H and O–H groups in total. The molecule has 4 rings (SSSR count). The summed E-state index contributed by atoms with van der Waals surface area (Å²) < 4.78 is 10.7. The average molecular weight is 500 g/mol. The molecule has 1 unspecified atom stereocenters. The normalized spacial score (nSPS) is 11.3. The molecule has 2 amide bonds. The number of carbonyl (C=O) groups is 2. The van der Waals surface area contributed by atoms with E-state index < -0.39 is 5.25 Å². The molecule has 1 atom stereocenters. The van der Waals surface area contributed by atoms with Crippen LogP contribution < -0.4 is 20.1 Å². The number of hydrogen-bond acceptors (Lipinski definition) is 6. The van der Waals surface area contributed by atoms with E-state index in [-0.39, 0.29) is 11.8 Å². The number of aromatic nitrogens is 1.